The summed E-state index contributed by atoms with van der Waals surface area (Å²) in [5, 5.41) is 9.96. The van der Waals surface area contributed by atoms with Gasteiger partial charge in [0.05, 0.1) is 0 Å². The van der Waals surface area contributed by atoms with Gasteiger partial charge < -0.3 is 9.26 Å². The molecule has 0 fully saturated rings. The van der Waals surface area contributed by atoms with Gasteiger partial charge in [-0.25, -0.2) is 5.10 Å². The standard InChI is InChI=1S/C7H8N4O2/c1-5-2-6(11-13-5)3-12-7-8-4-9-10-7/h2,4H,3H2,1H3,(H,8,9,10). The molecule has 0 saturated heterocycles. The first-order valence-electron chi connectivity index (χ1n) is 3.75. The summed E-state index contributed by atoms with van der Waals surface area (Å²) in [5.41, 5.74) is 0.730. The highest BCUT2D eigenvalue weighted by Crippen LogP contribution is 2.05. The third-order valence-corrected chi connectivity index (χ3v) is 1.43. The Labute approximate surface area is 73.9 Å². The van der Waals surface area contributed by atoms with Crippen LogP contribution in [0.25, 0.3) is 0 Å². The number of aryl methyl sites for hydroxylation is 1. The van der Waals surface area contributed by atoms with Gasteiger partial charge in [0, 0.05) is 6.07 Å². The maximum atomic E-state index is 5.19. The lowest BCUT2D eigenvalue weighted by Gasteiger charge is -1.95. The number of hydrogen-bond donors (Lipinski definition) is 1. The summed E-state index contributed by atoms with van der Waals surface area (Å²) in [6, 6.07) is 2.18. The van der Waals surface area contributed by atoms with Crippen LogP contribution in [0.3, 0.4) is 0 Å². The Balaban J connectivity index is 1.93. The second-order valence-corrected chi connectivity index (χ2v) is 2.51. The molecule has 2 aromatic heterocycles. The molecule has 0 spiro atoms. The van der Waals surface area contributed by atoms with Crippen molar-refractivity contribution < 1.29 is 9.26 Å². The number of aromatic amines is 1. The molecule has 0 amide bonds. The zero-order chi connectivity index (χ0) is 9.10. The van der Waals surface area contributed by atoms with Crippen LogP contribution in [-0.4, -0.2) is 20.3 Å². The zero-order valence-corrected chi connectivity index (χ0v) is 7.02. The first-order valence-corrected chi connectivity index (χ1v) is 3.75. The fourth-order valence-electron chi connectivity index (χ4n) is 0.892. The average molecular weight is 180 g/mol. The smallest absolute Gasteiger partial charge is 0.312 e. The first-order chi connectivity index (χ1) is 6.34. The quantitative estimate of drug-likeness (QED) is 0.751. The number of nitrogens with zero attached hydrogens (tertiary/aromatic N) is 3. The van der Waals surface area contributed by atoms with Gasteiger partial charge in [-0.2, -0.15) is 10.1 Å². The Hall–Kier alpha value is -1.85. The summed E-state index contributed by atoms with van der Waals surface area (Å²) < 4.78 is 10.1. The number of rotatable bonds is 3. The summed E-state index contributed by atoms with van der Waals surface area (Å²) in [6.07, 6.45) is 1.38. The van der Waals surface area contributed by atoms with Crippen LogP contribution in [0, 0.1) is 6.92 Å². The van der Waals surface area contributed by atoms with Crippen LogP contribution in [0.1, 0.15) is 11.5 Å². The van der Waals surface area contributed by atoms with Crippen molar-refractivity contribution in [2.24, 2.45) is 0 Å². The highest BCUT2D eigenvalue weighted by molar-refractivity contribution is 5.03. The van der Waals surface area contributed by atoms with Crippen molar-refractivity contribution >= 4 is 0 Å². The van der Waals surface area contributed by atoms with Crippen molar-refractivity contribution in [2.45, 2.75) is 13.5 Å². The molecule has 0 aliphatic carbocycles. The minimum atomic E-state index is 0.326. The largest absolute Gasteiger partial charge is 0.457 e. The molecule has 0 atom stereocenters. The lowest BCUT2D eigenvalue weighted by Crippen LogP contribution is -1.96. The number of H-pyrrole nitrogens is 1. The maximum Gasteiger partial charge on any atom is 0.312 e. The minimum absolute atomic E-state index is 0.326. The van der Waals surface area contributed by atoms with E-state index in [0.29, 0.717) is 12.6 Å². The first kappa shape index (κ1) is 7.78. The van der Waals surface area contributed by atoms with E-state index >= 15 is 0 Å². The van der Waals surface area contributed by atoms with E-state index in [4.69, 9.17) is 9.26 Å². The van der Waals surface area contributed by atoms with Crippen molar-refractivity contribution in [3.63, 3.8) is 0 Å². The fraction of sp³-hybridized carbons (Fsp3) is 0.286. The predicted molar refractivity (Wildman–Crippen MR) is 42.0 cm³/mol. The average Bonchev–Trinajstić information content (AvgIpc) is 2.71. The number of ether oxygens (including phenoxy) is 1. The van der Waals surface area contributed by atoms with Crippen LogP contribution < -0.4 is 4.74 Å². The van der Waals surface area contributed by atoms with Crippen molar-refractivity contribution in [3.8, 4) is 6.01 Å². The van der Waals surface area contributed by atoms with E-state index in [2.05, 4.69) is 20.3 Å². The van der Waals surface area contributed by atoms with Crippen LogP contribution >= 0.6 is 0 Å². The molecule has 2 aromatic rings. The predicted octanol–water partition coefficient (Wildman–Crippen LogP) is 0.680. The molecule has 1 N–H and O–H groups in total. The summed E-state index contributed by atoms with van der Waals surface area (Å²) in [7, 11) is 0. The molecule has 6 nitrogen and oxygen atoms in total. The molecule has 0 unspecified atom stereocenters. The molecular weight excluding hydrogens is 172 g/mol. The molecule has 0 aromatic carbocycles. The van der Waals surface area contributed by atoms with E-state index in [1.807, 2.05) is 6.92 Å². The van der Waals surface area contributed by atoms with Crippen LogP contribution in [-0.2, 0) is 6.61 Å². The van der Waals surface area contributed by atoms with Gasteiger partial charge in [-0.1, -0.05) is 5.16 Å². The zero-order valence-electron chi connectivity index (χ0n) is 7.02. The monoisotopic (exact) mass is 180 g/mol. The highest BCUT2D eigenvalue weighted by Gasteiger charge is 2.02. The Morgan fingerprint density at radius 3 is 3.15 bits per heavy atom. The van der Waals surface area contributed by atoms with Gasteiger partial charge in [0.1, 0.15) is 24.4 Å². The molecule has 2 heterocycles. The Morgan fingerprint density at radius 2 is 2.54 bits per heavy atom. The van der Waals surface area contributed by atoms with Crippen molar-refractivity contribution in [3.05, 3.63) is 23.8 Å². The van der Waals surface area contributed by atoms with E-state index in [0.717, 1.165) is 11.5 Å². The van der Waals surface area contributed by atoms with Crippen LogP contribution in [0.15, 0.2) is 16.9 Å². The van der Waals surface area contributed by atoms with Crippen LogP contribution in [0.2, 0.25) is 0 Å². The van der Waals surface area contributed by atoms with Gasteiger partial charge in [0.15, 0.2) is 0 Å². The second kappa shape index (κ2) is 3.26. The molecule has 0 bridgehead atoms. The second-order valence-electron chi connectivity index (χ2n) is 2.51. The lowest BCUT2D eigenvalue weighted by molar-refractivity contribution is 0.267. The summed E-state index contributed by atoms with van der Waals surface area (Å²) in [6.45, 7) is 2.15. The normalized spacial score (nSPS) is 10.2. The van der Waals surface area contributed by atoms with Gasteiger partial charge in [-0.3, -0.25) is 0 Å². The SMILES string of the molecule is Cc1cc(COc2ncn[nH]2)no1. The number of hydrogen-bond acceptors (Lipinski definition) is 5. The third kappa shape index (κ3) is 1.84. The molecule has 2 rings (SSSR count). The van der Waals surface area contributed by atoms with Crippen LogP contribution in [0.5, 0.6) is 6.01 Å². The van der Waals surface area contributed by atoms with E-state index in [1.165, 1.54) is 6.33 Å². The lowest BCUT2D eigenvalue weighted by atomic mass is 10.4. The van der Waals surface area contributed by atoms with E-state index < -0.39 is 0 Å². The molecule has 0 aliphatic rings. The molecule has 0 radical (unpaired) electrons. The Kier molecular flexibility index (Phi) is 1.95. The molecule has 13 heavy (non-hydrogen) atoms. The topological polar surface area (TPSA) is 76.8 Å². The summed E-state index contributed by atoms with van der Waals surface area (Å²) in [4.78, 5) is 3.79. The van der Waals surface area contributed by atoms with Crippen molar-refractivity contribution in [1.82, 2.24) is 20.3 Å². The molecule has 0 saturated carbocycles. The van der Waals surface area contributed by atoms with Gasteiger partial charge in [0.25, 0.3) is 0 Å². The Morgan fingerprint density at radius 1 is 1.62 bits per heavy atom. The fourth-order valence-corrected chi connectivity index (χ4v) is 0.892. The van der Waals surface area contributed by atoms with Gasteiger partial charge in [-0.05, 0) is 6.92 Å². The van der Waals surface area contributed by atoms with E-state index in [1.54, 1.807) is 6.07 Å². The maximum absolute atomic E-state index is 5.19. The highest BCUT2D eigenvalue weighted by atomic mass is 16.5. The van der Waals surface area contributed by atoms with Gasteiger partial charge in [0.2, 0.25) is 0 Å². The molecule has 68 valence electrons. The van der Waals surface area contributed by atoms with E-state index in [-0.39, 0.29) is 0 Å². The summed E-state index contributed by atoms with van der Waals surface area (Å²) >= 11 is 0. The van der Waals surface area contributed by atoms with Crippen molar-refractivity contribution in [1.29, 1.82) is 0 Å². The Bertz CT molecular complexity index is 368. The third-order valence-electron chi connectivity index (χ3n) is 1.43. The summed E-state index contributed by atoms with van der Waals surface area (Å²) in [5.74, 6) is 0.760. The van der Waals surface area contributed by atoms with Crippen molar-refractivity contribution in [2.75, 3.05) is 0 Å². The van der Waals surface area contributed by atoms with E-state index in [9.17, 15) is 0 Å². The number of nitrogens with one attached hydrogen (secondary N) is 1. The van der Waals surface area contributed by atoms with Gasteiger partial charge >= 0.3 is 6.01 Å². The van der Waals surface area contributed by atoms with Gasteiger partial charge in [-0.15, -0.1) is 0 Å². The minimum Gasteiger partial charge on any atom is -0.457 e. The molecule has 0 aliphatic heterocycles. The molecule has 6 heteroatoms. The van der Waals surface area contributed by atoms with Crippen LogP contribution in [0.4, 0.5) is 0 Å². The molecular formula is C7H8N4O2. The number of aromatic nitrogens is 4.